The van der Waals surface area contributed by atoms with Crippen LogP contribution < -0.4 is 5.32 Å². The van der Waals surface area contributed by atoms with E-state index < -0.39 is 0 Å². The predicted molar refractivity (Wildman–Crippen MR) is 88.4 cm³/mol. The highest BCUT2D eigenvalue weighted by Crippen LogP contribution is 2.28. The second-order valence-electron chi connectivity index (χ2n) is 6.33. The molecule has 1 aliphatic rings. The maximum atomic E-state index is 14.0. The molecule has 1 unspecified atom stereocenters. The highest BCUT2D eigenvalue weighted by molar-refractivity contribution is 6.30. The molecule has 0 bridgehead atoms. The van der Waals surface area contributed by atoms with Gasteiger partial charge in [0, 0.05) is 11.1 Å². The van der Waals surface area contributed by atoms with Crippen LogP contribution in [0.3, 0.4) is 0 Å². The van der Waals surface area contributed by atoms with Crippen LogP contribution >= 0.6 is 11.6 Å². The molecule has 0 spiro atoms. The van der Waals surface area contributed by atoms with Gasteiger partial charge in [-0.3, -0.25) is 0 Å². The average molecular weight is 312 g/mol. The third kappa shape index (κ3) is 5.60. The SMILES string of the molecule is CCCNC(Cc1ccc(Cl)cc1F)CC1CCCCC1. The Morgan fingerprint density at radius 1 is 1.29 bits per heavy atom. The first kappa shape index (κ1) is 16.8. The van der Waals surface area contributed by atoms with Crippen LogP contribution in [0.25, 0.3) is 0 Å². The standard InChI is InChI=1S/C18H27ClFN/c1-2-10-21-17(11-14-6-4-3-5-7-14)12-15-8-9-16(19)13-18(15)20/h8-9,13-14,17,21H,2-7,10-12H2,1H3. The lowest BCUT2D eigenvalue weighted by Gasteiger charge is -2.27. The molecule has 118 valence electrons. The van der Waals surface area contributed by atoms with Crippen molar-refractivity contribution in [1.29, 1.82) is 0 Å². The molecule has 1 atom stereocenters. The van der Waals surface area contributed by atoms with Gasteiger partial charge in [0.05, 0.1) is 0 Å². The fourth-order valence-electron chi connectivity index (χ4n) is 3.37. The molecule has 1 aromatic rings. The van der Waals surface area contributed by atoms with Crippen molar-refractivity contribution in [1.82, 2.24) is 5.32 Å². The molecule has 1 nitrogen and oxygen atoms in total. The van der Waals surface area contributed by atoms with E-state index in [1.807, 2.05) is 6.07 Å². The zero-order chi connectivity index (χ0) is 15.1. The Balaban J connectivity index is 1.97. The van der Waals surface area contributed by atoms with Gasteiger partial charge in [-0.15, -0.1) is 0 Å². The lowest BCUT2D eigenvalue weighted by atomic mass is 9.83. The molecule has 3 heteroatoms. The molecule has 0 aromatic heterocycles. The van der Waals surface area contributed by atoms with Crippen molar-refractivity contribution in [3.8, 4) is 0 Å². The van der Waals surface area contributed by atoms with Crippen LogP contribution in [0.5, 0.6) is 0 Å². The zero-order valence-corrected chi connectivity index (χ0v) is 13.8. The van der Waals surface area contributed by atoms with Gasteiger partial charge in [0.25, 0.3) is 0 Å². The summed E-state index contributed by atoms with van der Waals surface area (Å²) in [6, 6.07) is 5.43. The minimum absolute atomic E-state index is 0.172. The van der Waals surface area contributed by atoms with Gasteiger partial charge in [-0.05, 0) is 49.4 Å². The summed E-state index contributed by atoms with van der Waals surface area (Å²) < 4.78 is 14.0. The summed E-state index contributed by atoms with van der Waals surface area (Å²) >= 11 is 5.84. The molecule has 0 amide bonds. The van der Waals surface area contributed by atoms with Gasteiger partial charge < -0.3 is 5.32 Å². The third-order valence-corrected chi connectivity index (χ3v) is 4.74. The molecule has 1 N–H and O–H groups in total. The quantitative estimate of drug-likeness (QED) is 0.714. The van der Waals surface area contributed by atoms with Gasteiger partial charge in [-0.1, -0.05) is 56.7 Å². The molecule has 1 aliphatic carbocycles. The summed E-state index contributed by atoms with van der Waals surface area (Å²) in [7, 11) is 0. The van der Waals surface area contributed by atoms with E-state index in [0.29, 0.717) is 11.1 Å². The van der Waals surface area contributed by atoms with Crippen molar-refractivity contribution in [2.75, 3.05) is 6.54 Å². The average Bonchev–Trinajstić information content (AvgIpc) is 2.48. The van der Waals surface area contributed by atoms with E-state index in [1.54, 1.807) is 6.07 Å². The van der Waals surface area contributed by atoms with E-state index in [9.17, 15) is 4.39 Å². The van der Waals surface area contributed by atoms with Crippen molar-refractivity contribution in [2.45, 2.75) is 64.3 Å². The fraction of sp³-hybridized carbons (Fsp3) is 0.667. The summed E-state index contributed by atoms with van der Waals surface area (Å²) in [5.74, 6) is 0.637. The summed E-state index contributed by atoms with van der Waals surface area (Å²) in [6.07, 6.45) is 9.84. The first-order valence-corrected chi connectivity index (χ1v) is 8.74. The molecule has 0 aliphatic heterocycles. The molecule has 1 aromatic carbocycles. The monoisotopic (exact) mass is 311 g/mol. The lowest BCUT2D eigenvalue weighted by molar-refractivity contribution is 0.296. The van der Waals surface area contributed by atoms with Crippen LogP contribution in [0.15, 0.2) is 18.2 Å². The Labute approximate surface area is 133 Å². The van der Waals surface area contributed by atoms with Gasteiger partial charge in [-0.2, -0.15) is 0 Å². The lowest BCUT2D eigenvalue weighted by Crippen LogP contribution is -2.34. The smallest absolute Gasteiger partial charge is 0.127 e. The second-order valence-corrected chi connectivity index (χ2v) is 6.77. The maximum Gasteiger partial charge on any atom is 0.127 e. The van der Waals surface area contributed by atoms with Gasteiger partial charge in [0.2, 0.25) is 0 Å². The molecule has 0 saturated heterocycles. The molecule has 1 fully saturated rings. The van der Waals surface area contributed by atoms with Gasteiger partial charge in [0.1, 0.15) is 5.82 Å². The first-order valence-electron chi connectivity index (χ1n) is 8.36. The van der Waals surface area contributed by atoms with Crippen LogP contribution in [-0.2, 0) is 6.42 Å². The molecular weight excluding hydrogens is 285 g/mol. The highest BCUT2D eigenvalue weighted by Gasteiger charge is 2.20. The van der Waals surface area contributed by atoms with Crippen molar-refractivity contribution in [2.24, 2.45) is 5.92 Å². The number of benzene rings is 1. The summed E-state index contributed by atoms with van der Waals surface area (Å²) in [5.41, 5.74) is 0.781. The van der Waals surface area contributed by atoms with E-state index >= 15 is 0 Å². The van der Waals surface area contributed by atoms with E-state index in [-0.39, 0.29) is 5.82 Å². The Morgan fingerprint density at radius 3 is 2.71 bits per heavy atom. The number of nitrogens with one attached hydrogen (secondary N) is 1. The molecule has 2 rings (SSSR count). The van der Waals surface area contributed by atoms with Gasteiger partial charge in [-0.25, -0.2) is 4.39 Å². The van der Waals surface area contributed by atoms with Crippen molar-refractivity contribution in [3.63, 3.8) is 0 Å². The van der Waals surface area contributed by atoms with Crippen LogP contribution in [0.4, 0.5) is 4.39 Å². The molecule has 1 saturated carbocycles. The summed E-state index contributed by atoms with van der Waals surface area (Å²) in [5, 5.41) is 4.08. The maximum absolute atomic E-state index is 14.0. The van der Waals surface area contributed by atoms with Crippen LogP contribution in [0.2, 0.25) is 5.02 Å². The van der Waals surface area contributed by atoms with E-state index in [4.69, 9.17) is 11.6 Å². The first-order chi connectivity index (χ1) is 10.2. The minimum atomic E-state index is -0.172. The highest BCUT2D eigenvalue weighted by atomic mass is 35.5. The molecular formula is C18H27ClFN. The zero-order valence-electron chi connectivity index (χ0n) is 13.0. The Hall–Kier alpha value is -0.600. The number of hydrogen-bond donors (Lipinski definition) is 1. The van der Waals surface area contributed by atoms with Crippen molar-refractivity contribution >= 4 is 11.6 Å². The Bertz CT molecular complexity index is 429. The number of rotatable bonds is 7. The van der Waals surface area contributed by atoms with E-state index in [0.717, 1.165) is 30.9 Å². The summed E-state index contributed by atoms with van der Waals surface area (Å²) in [6.45, 7) is 3.18. The molecule has 21 heavy (non-hydrogen) atoms. The van der Waals surface area contributed by atoms with Gasteiger partial charge >= 0.3 is 0 Å². The Morgan fingerprint density at radius 2 is 2.05 bits per heavy atom. The second kappa shape index (κ2) is 8.75. The minimum Gasteiger partial charge on any atom is -0.314 e. The van der Waals surface area contributed by atoms with Gasteiger partial charge in [0.15, 0.2) is 0 Å². The van der Waals surface area contributed by atoms with Crippen LogP contribution in [-0.4, -0.2) is 12.6 Å². The third-order valence-electron chi connectivity index (χ3n) is 4.51. The molecule has 0 heterocycles. The predicted octanol–water partition coefficient (Wildman–Crippen LogP) is 5.36. The van der Waals surface area contributed by atoms with Crippen molar-refractivity contribution in [3.05, 3.63) is 34.6 Å². The van der Waals surface area contributed by atoms with E-state index in [2.05, 4.69) is 12.2 Å². The molecule has 0 radical (unpaired) electrons. The summed E-state index contributed by atoms with van der Waals surface area (Å²) in [4.78, 5) is 0. The van der Waals surface area contributed by atoms with Crippen LogP contribution in [0.1, 0.15) is 57.4 Å². The van der Waals surface area contributed by atoms with Crippen LogP contribution in [0, 0.1) is 11.7 Å². The number of hydrogen-bond acceptors (Lipinski definition) is 1. The van der Waals surface area contributed by atoms with Crippen molar-refractivity contribution < 1.29 is 4.39 Å². The fourth-order valence-corrected chi connectivity index (χ4v) is 3.52. The topological polar surface area (TPSA) is 12.0 Å². The Kier molecular flexibility index (Phi) is 6.98. The largest absolute Gasteiger partial charge is 0.314 e. The number of halogens is 2. The van der Waals surface area contributed by atoms with E-state index in [1.165, 1.54) is 44.6 Å². The normalized spacial score (nSPS) is 17.9.